The molecule has 0 aliphatic heterocycles. The number of methoxy groups -OCH3 is 1. The molecule has 0 unspecified atom stereocenters. The van der Waals surface area contributed by atoms with Crippen LogP contribution in [0.25, 0.3) is 5.70 Å². The number of benzene rings is 2. The molecule has 10 heteroatoms. The molecule has 0 spiro atoms. The van der Waals surface area contributed by atoms with Crippen LogP contribution in [0, 0.1) is 0 Å². The molecule has 0 heterocycles. The van der Waals surface area contributed by atoms with Gasteiger partial charge in [0.05, 0.1) is 18.4 Å². The second-order valence-electron chi connectivity index (χ2n) is 5.84. The topological polar surface area (TPSA) is 84.7 Å². The van der Waals surface area contributed by atoms with Gasteiger partial charge in [-0.05, 0) is 28.4 Å². The summed E-state index contributed by atoms with van der Waals surface area (Å²) in [5.41, 5.74) is 3.36. The molecule has 0 saturated carbocycles. The van der Waals surface area contributed by atoms with Gasteiger partial charge in [0, 0.05) is 5.56 Å². The number of hydrogen-bond acceptors (Lipinski definition) is 7. The molecule has 0 aliphatic rings. The first kappa shape index (κ1) is 22.8. The second kappa shape index (κ2) is 10.3. The van der Waals surface area contributed by atoms with Crippen molar-refractivity contribution >= 4 is 17.3 Å². The van der Waals surface area contributed by atoms with Crippen molar-refractivity contribution in [2.75, 3.05) is 14.2 Å². The highest BCUT2D eigenvalue weighted by atomic mass is 19.4. The normalized spacial score (nSPS) is 12.4. The highest BCUT2D eigenvalue weighted by Crippen LogP contribution is 2.30. The predicted octanol–water partition coefficient (Wildman–Crippen LogP) is 4.18. The Bertz CT molecular complexity index is 943. The van der Waals surface area contributed by atoms with Gasteiger partial charge in [0.2, 0.25) is 0 Å². The van der Waals surface area contributed by atoms with Gasteiger partial charge < -0.3 is 14.8 Å². The van der Waals surface area contributed by atoms with Crippen LogP contribution in [0.3, 0.4) is 0 Å². The van der Waals surface area contributed by atoms with Gasteiger partial charge in [0.25, 0.3) is 5.90 Å². The van der Waals surface area contributed by atoms with Crippen LogP contribution in [0.2, 0.25) is 0 Å². The minimum Gasteiger partial charge on any atom is -0.477 e. The summed E-state index contributed by atoms with van der Waals surface area (Å²) >= 11 is 0. The Morgan fingerprint density at radius 1 is 1.13 bits per heavy atom. The Labute approximate surface area is 171 Å². The lowest BCUT2D eigenvalue weighted by Gasteiger charge is -2.14. The van der Waals surface area contributed by atoms with Crippen LogP contribution in [-0.4, -0.2) is 31.0 Å². The molecule has 2 aromatic rings. The number of hydrogen-bond donors (Lipinski definition) is 2. The van der Waals surface area contributed by atoms with Crippen molar-refractivity contribution in [1.82, 2.24) is 5.48 Å². The van der Waals surface area contributed by atoms with Crippen molar-refractivity contribution in [3.05, 3.63) is 77.4 Å². The van der Waals surface area contributed by atoms with Crippen LogP contribution in [0.5, 0.6) is 0 Å². The highest BCUT2D eigenvalue weighted by Gasteiger charge is 2.30. The van der Waals surface area contributed by atoms with Crippen molar-refractivity contribution in [3.63, 3.8) is 0 Å². The van der Waals surface area contributed by atoms with Gasteiger partial charge in [0.15, 0.2) is 5.71 Å². The van der Waals surface area contributed by atoms with Gasteiger partial charge in [-0.2, -0.15) is 13.2 Å². The standard InChI is InChI=1S/C20H20F3N3O4/c1-13(14-8-6-9-16(11-14)20(21,22)23)25-30-12-15-7-4-5-10-17(15)18(26-29-3)19(24-27)28-2/h4-11,25,27H,1,12H2,2-3H3. The van der Waals surface area contributed by atoms with Crippen molar-refractivity contribution in [1.29, 1.82) is 0 Å². The zero-order valence-corrected chi connectivity index (χ0v) is 16.2. The van der Waals surface area contributed by atoms with E-state index in [2.05, 4.69) is 22.4 Å². The summed E-state index contributed by atoms with van der Waals surface area (Å²) in [6.45, 7) is 3.69. The van der Waals surface area contributed by atoms with E-state index in [4.69, 9.17) is 19.6 Å². The minimum atomic E-state index is -4.46. The molecule has 0 atom stereocenters. The smallest absolute Gasteiger partial charge is 0.416 e. The summed E-state index contributed by atoms with van der Waals surface area (Å²) in [6.07, 6.45) is -4.46. The maximum Gasteiger partial charge on any atom is 0.416 e. The summed E-state index contributed by atoms with van der Waals surface area (Å²) in [5, 5.41) is 16.0. The van der Waals surface area contributed by atoms with Gasteiger partial charge in [0.1, 0.15) is 13.7 Å². The number of oxime groups is 2. The molecule has 0 bridgehead atoms. The first-order valence-electron chi connectivity index (χ1n) is 8.52. The summed E-state index contributed by atoms with van der Waals surface area (Å²) < 4.78 is 43.6. The first-order chi connectivity index (χ1) is 14.3. The lowest BCUT2D eigenvalue weighted by Crippen LogP contribution is -2.21. The van der Waals surface area contributed by atoms with E-state index in [0.29, 0.717) is 11.1 Å². The number of nitrogens with zero attached hydrogens (tertiary/aromatic N) is 2. The third kappa shape index (κ3) is 5.74. The third-order valence-electron chi connectivity index (χ3n) is 3.90. The lowest BCUT2D eigenvalue weighted by molar-refractivity contribution is -0.137. The molecule has 30 heavy (non-hydrogen) atoms. The van der Waals surface area contributed by atoms with Crippen molar-refractivity contribution < 1.29 is 32.8 Å². The fourth-order valence-corrected chi connectivity index (χ4v) is 2.50. The monoisotopic (exact) mass is 423 g/mol. The number of nitrogens with one attached hydrogen (secondary N) is 1. The van der Waals surface area contributed by atoms with Gasteiger partial charge in [-0.1, -0.05) is 48.1 Å². The van der Waals surface area contributed by atoms with E-state index in [1.54, 1.807) is 24.3 Å². The molecule has 0 amide bonds. The Morgan fingerprint density at radius 2 is 1.87 bits per heavy atom. The molecule has 2 rings (SSSR count). The molecule has 160 valence electrons. The quantitative estimate of drug-likeness (QED) is 0.288. The highest BCUT2D eigenvalue weighted by molar-refractivity contribution is 6.45. The fraction of sp³-hybridized carbons (Fsp3) is 0.200. The van der Waals surface area contributed by atoms with Gasteiger partial charge in [-0.3, -0.25) is 10.3 Å². The van der Waals surface area contributed by atoms with Crippen molar-refractivity contribution in [2.45, 2.75) is 12.8 Å². The largest absolute Gasteiger partial charge is 0.477 e. The maximum absolute atomic E-state index is 12.9. The Kier molecular flexibility index (Phi) is 7.82. The first-order valence-corrected chi connectivity index (χ1v) is 8.52. The van der Waals surface area contributed by atoms with Gasteiger partial charge in [-0.25, -0.2) is 0 Å². The Morgan fingerprint density at radius 3 is 2.50 bits per heavy atom. The molecule has 0 saturated heterocycles. The molecule has 2 N–H and O–H groups in total. The molecule has 0 fully saturated rings. The predicted molar refractivity (Wildman–Crippen MR) is 105 cm³/mol. The van der Waals surface area contributed by atoms with E-state index in [0.717, 1.165) is 12.1 Å². The van der Waals surface area contributed by atoms with E-state index < -0.39 is 11.7 Å². The Hall–Kier alpha value is -3.53. The van der Waals surface area contributed by atoms with E-state index in [9.17, 15) is 13.2 Å². The fourth-order valence-electron chi connectivity index (χ4n) is 2.50. The number of alkyl halides is 3. The zero-order chi connectivity index (χ0) is 22.1. The lowest BCUT2D eigenvalue weighted by atomic mass is 10.0. The summed E-state index contributed by atoms with van der Waals surface area (Å²) in [6, 6.07) is 11.6. The minimum absolute atomic E-state index is 0.0146. The van der Waals surface area contributed by atoms with Crippen LogP contribution in [0.4, 0.5) is 13.2 Å². The summed E-state index contributed by atoms with van der Waals surface area (Å²) in [5.74, 6) is -0.175. The third-order valence-corrected chi connectivity index (χ3v) is 3.90. The van der Waals surface area contributed by atoms with Crippen LogP contribution >= 0.6 is 0 Å². The molecule has 0 aliphatic carbocycles. The van der Waals surface area contributed by atoms with Crippen LogP contribution in [0.1, 0.15) is 22.3 Å². The molecule has 0 radical (unpaired) electrons. The summed E-state index contributed by atoms with van der Waals surface area (Å²) in [7, 11) is 2.63. The van der Waals surface area contributed by atoms with Crippen molar-refractivity contribution in [3.8, 4) is 0 Å². The van der Waals surface area contributed by atoms with E-state index in [1.807, 2.05) is 0 Å². The molecular weight excluding hydrogens is 403 g/mol. The molecule has 0 aromatic heterocycles. The van der Waals surface area contributed by atoms with E-state index in [1.165, 1.54) is 26.4 Å². The second-order valence-corrected chi connectivity index (χ2v) is 5.84. The maximum atomic E-state index is 12.9. The number of rotatable bonds is 8. The van der Waals surface area contributed by atoms with E-state index >= 15 is 0 Å². The molecule has 7 nitrogen and oxygen atoms in total. The number of halogens is 3. The zero-order valence-electron chi connectivity index (χ0n) is 16.2. The van der Waals surface area contributed by atoms with Gasteiger partial charge in [-0.15, -0.1) is 0 Å². The average Bonchev–Trinajstić information content (AvgIpc) is 2.74. The SMILES string of the molecule is C=C(NOCc1ccccc1C(=NOC)C(=NO)OC)c1cccc(C(F)(F)F)c1. The molecule has 2 aromatic carbocycles. The Balaban J connectivity index is 2.14. The number of ether oxygens (including phenoxy) is 1. The van der Waals surface area contributed by atoms with Crippen molar-refractivity contribution in [2.24, 2.45) is 10.3 Å². The molecular formula is C20H20F3N3O4. The van der Waals surface area contributed by atoms with Crippen LogP contribution in [-0.2, 0) is 27.2 Å². The van der Waals surface area contributed by atoms with Gasteiger partial charge >= 0.3 is 6.18 Å². The van der Waals surface area contributed by atoms with E-state index in [-0.39, 0.29) is 29.5 Å². The van der Waals surface area contributed by atoms with Crippen LogP contribution < -0.4 is 5.48 Å². The summed E-state index contributed by atoms with van der Waals surface area (Å²) in [4.78, 5) is 10.2. The number of hydroxylamine groups is 1. The van der Waals surface area contributed by atoms with Crippen LogP contribution in [0.15, 0.2) is 65.4 Å². The average molecular weight is 423 g/mol.